The van der Waals surface area contributed by atoms with Gasteiger partial charge in [0.1, 0.15) is 5.82 Å². The van der Waals surface area contributed by atoms with E-state index in [4.69, 9.17) is 4.74 Å². The third-order valence-electron chi connectivity index (χ3n) is 4.96. The zero-order valence-corrected chi connectivity index (χ0v) is 15.7. The number of halogens is 1. The van der Waals surface area contributed by atoms with Crippen LogP contribution < -0.4 is 5.32 Å². The summed E-state index contributed by atoms with van der Waals surface area (Å²) in [5.41, 5.74) is 0.963. The van der Waals surface area contributed by atoms with Gasteiger partial charge in [-0.1, -0.05) is 19.1 Å². The zero-order chi connectivity index (χ0) is 18.9. The van der Waals surface area contributed by atoms with Gasteiger partial charge in [-0.05, 0) is 42.9 Å². The van der Waals surface area contributed by atoms with Gasteiger partial charge in [-0.2, -0.15) is 0 Å². The Morgan fingerprint density at radius 3 is 2.54 bits per heavy atom. The average molecular weight is 364 g/mol. The number of hydrogen-bond donors (Lipinski definition) is 1. The third-order valence-corrected chi connectivity index (χ3v) is 4.96. The molecule has 2 amide bonds. The van der Waals surface area contributed by atoms with E-state index in [0.717, 1.165) is 12.0 Å². The average Bonchev–Trinajstić information content (AvgIpc) is 2.65. The second kappa shape index (κ2) is 10.3. The topological polar surface area (TPSA) is 58.6 Å². The maximum atomic E-state index is 13.0. The van der Waals surface area contributed by atoms with E-state index in [0.29, 0.717) is 45.5 Å². The van der Waals surface area contributed by atoms with Crippen LogP contribution in [-0.4, -0.2) is 50.1 Å². The Morgan fingerprint density at radius 1 is 1.27 bits per heavy atom. The minimum absolute atomic E-state index is 0.0175. The first-order valence-electron chi connectivity index (χ1n) is 9.31. The van der Waals surface area contributed by atoms with Crippen LogP contribution in [0.3, 0.4) is 0 Å². The van der Waals surface area contributed by atoms with Crippen molar-refractivity contribution in [3.63, 3.8) is 0 Å². The molecule has 5 nitrogen and oxygen atoms in total. The molecular formula is C20H29FN2O3. The van der Waals surface area contributed by atoms with Gasteiger partial charge < -0.3 is 15.0 Å². The van der Waals surface area contributed by atoms with Gasteiger partial charge in [0.05, 0.1) is 0 Å². The summed E-state index contributed by atoms with van der Waals surface area (Å²) in [7, 11) is 1.64. The van der Waals surface area contributed by atoms with Gasteiger partial charge >= 0.3 is 0 Å². The minimum Gasteiger partial charge on any atom is -0.385 e. The lowest BCUT2D eigenvalue weighted by Gasteiger charge is -2.32. The van der Waals surface area contributed by atoms with Gasteiger partial charge in [0.25, 0.3) is 0 Å². The summed E-state index contributed by atoms with van der Waals surface area (Å²) in [6.45, 7) is 4.47. The van der Waals surface area contributed by atoms with Gasteiger partial charge in [0, 0.05) is 45.7 Å². The predicted molar refractivity (Wildman–Crippen MR) is 98.2 cm³/mol. The first-order chi connectivity index (χ1) is 12.5. The molecule has 1 atom stereocenters. The van der Waals surface area contributed by atoms with E-state index in [9.17, 15) is 14.0 Å². The summed E-state index contributed by atoms with van der Waals surface area (Å²) in [6.07, 6.45) is 2.61. The second-order valence-electron chi connectivity index (χ2n) is 6.95. The van der Waals surface area contributed by atoms with Crippen LogP contribution in [-0.2, 0) is 14.3 Å². The van der Waals surface area contributed by atoms with Crippen LogP contribution in [0.1, 0.15) is 44.1 Å². The Kier molecular flexibility index (Phi) is 8.04. The highest BCUT2D eigenvalue weighted by Crippen LogP contribution is 2.23. The maximum Gasteiger partial charge on any atom is 0.223 e. The van der Waals surface area contributed by atoms with E-state index in [1.54, 1.807) is 19.2 Å². The van der Waals surface area contributed by atoms with Crippen molar-refractivity contribution in [1.29, 1.82) is 0 Å². The van der Waals surface area contributed by atoms with Crippen LogP contribution in [0, 0.1) is 11.7 Å². The van der Waals surface area contributed by atoms with Crippen LogP contribution in [0.25, 0.3) is 0 Å². The SMILES string of the molecule is COCCCNC(=O)C1CCN(C(=O)CC(C)c2ccc(F)cc2)CC1. The quantitative estimate of drug-likeness (QED) is 0.722. The van der Waals surface area contributed by atoms with Crippen LogP contribution in [0.5, 0.6) is 0 Å². The van der Waals surface area contributed by atoms with Crippen LogP contribution in [0.15, 0.2) is 24.3 Å². The van der Waals surface area contributed by atoms with Gasteiger partial charge in [0.2, 0.25) is 11.8 Å². The van der Waals surface area contributed by atoms with E-state index in [1.807, 2.05) is 11.8 Å². The third kappa shape index (κ3) is 6.09. The molecule has 2 rings (SSSR count). The van der Waals surface area contributed by atoms with Crippen LogP contribution >= 0.6 is 0 Å². The number of amides is 2. The fraction of sp³-hybridized carbons (Fsp3) is 0.600. The molecule has 0 bridgehead atoms. The van der Waals surface area contributed by atoms with Crippen molar-refractivity contribution < 1.29 is 18.7 Å². The van der Waals surface area contributed by atoms with E-state index < -0.39 is 0 Å². The fourth-order valence-electron chi connectivity index (χ4n) is 3.26. The molecule has 1 aromatic rings. The Labute approximate surface area is 154 Å². The van der Waals surface area contributed by atoms with Crippen molar-refractivity contribution >= 4 is 11.8 Å². The number of methoxy groups -OCH3 is 1. The minimum atomic E-state index is -0.269. The smallest absolute Gasteiger partial charge is 0.223 e. The van der Waals surface area contributed by atoms with Gasteiger partial charge in [-0.25, -0.2) is 4.39 Å². The molecule has 1 aromatic carbocycles. The maximum absolute atomic E-state index is 13.0. The van der Waals surface area contributed by atoms with E-state index in [1.165, 1.54) is 12.1 Å². The van der Waals surface area contributed by atoms with Crippen molar-refractivity contribution in [3.05, 3.63) is 35.6 Å². The van der Waals surface area contributed by atoms with Gasteiger partial charge in [-0.3, -0.25) is 9.59 Å². The lowest BCUT2D eigenvalue weighted by atomic mass is 9.93. The number of nitrogens with one attached hydrogen (secondary N) is 1. The molecule has 1 unspecified atom stereocenters. The van der Waals surface area contributed by atoms with Crippen molar-refractivity contribution in [2.75, 3.05) is 33.4 Å². The molecule has 0 spiro atoms. The molecule has 1 N–H and O–H groups in total. The molecule has 1 fully saturated rings. The Bertz CT molecular complexity index is 583. The first-order valence-corrected chi connectivity index (χ1v) is 9.31. The Hall–Kier alpha value is -1.95. The molecule has 0 aromatic heterocycles. The highest BCUT2D eigenvalue weighted by atomic mass is 19.1. The highest BCUT2D eigenvalue weighted by molar-refractivity contribution is 5.80. The molecule has 1 aliphatic heterocycles. The lowest BCUT2D eigenvalue weighted by Crippen LogP contribution is -2.43. The van der Waals surface area contributed by atoms with E-state index in [2.05, 4.69) is 5.32 Å². The molecule has 0 saturated carbocycles. The normalized spacial score (nSPS) is 16.3. The monoisotopic (exact) mass is 364 g/mol. The lowest BCUT2D eigenvalue weighted by molar-refractivity contribution is -0.135. The Morgan fingerprint density at radius 2 is 1.92 bits per heavy atom. The number of carbonyl (C=O) groups excluding carboxylic acids is 2. The predicted octanol–water partition coefficient (Wildman–Crippen LogP) is 2.71. The summed E-state index contributed by atoms with van der Waals surface area (Å²) < 4.78 is 18.0. The number of likely N-dealkylation sites (tertiary alicyclic amines) is 1. The number of ether oxygens (including phenoxy) is 1. The number of hydrogen-bond acceptors (Lipinski definition) is 3. The Balaban J connectivity index is 1.73. The number of nitrogens with zero attached hydrogens (tertiary/aromatic N) is 1. The van der Waals surface area contributed by atoms with Crippen LogP contribution in [0.2, 0.25) is 0 Å². The number of carbonyl (C=O) groups is 2. The molecule has 0 radical (unpaired) electrons. The van der Waals surface area contributed by atoms with Gasteiger partial charge in [0.15, 0.2) is 0 Å². The summed E-state index contributed by atoms with van der Waals surface area (Å²) in [5, 5.41) is 2.94. The number of rotatable bonds is 8. The molecule has 144 valence electrons. The standard InChI is InChI=1S/C20H29FN2O3/c1-15(16-4-6-18(21)7-5-16)14-19(24)23-11-8-17(9-12-23)20(25)22-10-3-13-26-2/h4-7,15,17H,3,8-14H2,1-2H3,(H,22,25). The number of piperidine rings is 1. The van der Waals surface area contributed by atoms with E-state index >= 15 is 0 Å². The molecular weight excluding hydrogens is 335 g/mol. The molecule has 26 heavy (non-hydrogen) atoms. The summed E-state index contributed by atoms with van der Waals surface area (Å²) in [6, 6.07) is 6.31. The summed E-state index contributed by atoms with van der Waals surface area (Å²) in [4.78, 5) is 26.5. The molecule has 0 aliphatic carbocycles. The molecule has 1 aliphatic rings. The van der Waals surface area contributed by atoms with Crippen molar-refractivity contribution in [2.45, 2.75) is 38.5 Å². The second-order valence-corrected chi connectivity index (χ2v) is 6.95. The van der Waals surface area contributed by atoms with Crippen molar-refractivity contribution in [3.8, 4) is 0 Å². The summed E-state index contributed by atoms with van der Waals surface area (Å²) in [5.74, 6) is -0.0653. The highest BCUT2D eigenvalue weighted by Gasteiger charge is 2.27. The summed E-state index contributed by atoms with van der Waals surface area (Å²) >= 11 is 0. The molecule has 1 saturated heterocycles. The fourth-order valence-corrected chi connectivity index (χ4v) is 3.26. The first kappa shape index (κ1) is 20.4. The van der Waals surface area contributed by atoms with Crippen LogP contribution in [0.4, 0.5) is 4.39 Å². The largest absolute Gasteiger partial charge is 0.385 e. The van der Waals surface area contributed by atoms with Crippen molar-refractivity contribution in [1.82, 2.24) is 10.2 Å². The van der Waals surface area contributed by atoms with E-state index in [-0.39, 0.29) is 29.5 Å². The van der Waals surface area contributed by atoms with Gasteiger partial charge in [-0.15, -0.1) is 0 Å². The number of benzene rings is 1. The van der Waals surface area contributed by atoms with Crippen molar-refractivity contribution in [2.24, 2.45) is 5.92 Å². The molecule has 1 heterocycles. The zero-order valence-electron chi connectivity index (χ0n) is 15.7. The molecule has 6 heteroatoms.